The molecule has 0 saturated heterocycles. The van der Waals surface area contributed by atoms with Gasteiger partial charge >= 0.3 is 11.9 Å². The number of unbranched alkanes of at least 4 members (excludes halogenated alkanes) is 14. The van der Waals surface area contributed by atoms with E-state index in [0.29, 0.717) is 12.8 Å². The highest BCUT2D eigenvalue weighted by molar-refractivity contribution is 9.09. The number of hydrogen-bond donors (Lipinski definition) is 0. The van der Waals surface area contributed by atoms with Gasteiger partial charge in [-0.15, -0.1) is 0 Å². The van der Waals surface area contributed by atoms with Gasteiger partial charge in [0.05, 0.1) is 6.42 Å². The van der Waals surface area contributed by atoms with Crippen molar-refractivity contribution in [3.8, 4) is 0 Å². The van der Waals surface area contributed by atoms with Gasteiger partial charge < -0.3 is 0 Å². The molecule has 6 heteroatoms. The highest BCUT2D eigenvalue weighted by atomic mass is 79.9. The normalized spacial score (nSPS) is 11.6. The van der Waals surface area contributed by atoms with Crippen LogP contribution in [0.4, 0.5) is 0 Å². The topological polar surface area (TPSA) is 55.4 Å². The standard InChI is InChI=1S/C22H39Br2O4/c23-19-15-11-7-3-1-5-9-13-17-21(25)27-28-22(26)18-14-10-6-2-4-8-12-16-20-24/h17H,1-16,18-20H2. The number of halogens is 2. The molecule has 1 radical (unpaired) electrons. The zero-order valence-electron chi connectivity index (χ0n) is 17.4. The summed E-state index contributed by atoms with van der Waals surface area (Å²) >= 11 is 6.88. The van der Waals surface area contributed by atoms with Crippen LogP contribution in [0.1, 0.15) is 109 Å². The lowest BCUT2D eigenvalue weighted by atomic mass is 10.1. The molecule has 0 aliphatic carbocycles. The van der Waals surface area contributed by atoms with Crippen LogP contribution in [0.15, 0.2) is 12.0 Å². The molecule has 0 bridgehead atoms. The lowest BCUT2D eigenvalue weighted by Gasteiger charge is -2.03. The largest absolute Gasteiger partial charge is 0.375 e. The lowest BCUT2D eigenvalue weighted by Crippen LogP contribution is -2.04. The maximum atomic E-state index is 11.6. The van der Waals surface area contributed by atoms with Crippen LogP contribution in [0.3, 0.4) is 0 Å². The van der Waals surface area contributed by atoms with Crippen molar-refractivity contribution in [3.63, 3.8) is 0 Å². The molecular weight excluding hydrogens is 488 g/mol. The van der Waals surface area contributed by atoms with Gasteiger partial charge in [-0.2, -0.15) is 0 Å². The van der Waals surface area contributed by atoms with Crippen molar-refractivity contribution in [3.05, 3.63) is 12.0 Å². The molecular formula is C22H39Br2O4. The van der Waals surface area contributed by atoms with Crippen molar-refractivity contribution in [2.24, 2.45) is 0 Å². The summed E-state index contributed by atoms with van der Waals surface area (Å²) in [7, 11) is 0. The van der Waals surface area contributed by atoms with E-state index in [9.17, 15) is 9.90 Å². The van der Waals surface area contributed by atoms with E-state index in [2.05, 4.69) is 41.6 Å². The molecule has 0 saturated carbocycles. The fraction of sp³-hybridized carbons (Fsp3) is 0.864. The Morgan fingerprint density at radius 3 is 1.54 bits per heavy atom. The molecule has 0 fully saturated rings. The molecule has 0 N–H and O–H groups in total. The molecule has 0 spiro atoms. The van der Waals surface area contributed by atoms with Crippen LogP contribution in [-0.4, -0.2) is 16.6 Å². The highest BCUT2D eigenvalue weighted by Crippen LogP contribution is 2.12. The van der Waals surface area contributed by atoms with Crippen LogP contribution in [-0.2, 0) is 19.7 Å². The van der Waals surface area contributed by atoms with Gasteiger partial charge in [-0.05, 0) is 32.1 Å². The number of alkyl halides is 2. The summed E-state index contributed by atoms with van der Waals surface area (Å²) in [5, 5.41) is 13.7. The van der Waals surface area contributed by atoms with Crippen molar-refractivity contribution in [2.45, 2.75) is 109 Å². The molecule has 0 amide bonds. The van der Waals surface area contributed by atoms with Crippen LogP contribution in [0.5, 0.6) is 0 Å². The summed E-state index contributed by atoms with van der Waals surface area (Å²) in [5.41, 5.74) is 0. The van der Waals surface area contributed by atoms with E-state index in [1.165, 1.54) is 70.3 Å². The van der Waals surface area contributed by atoms with Gasteiger partial charge in [0, 0.05) is 16.7 Å². The lowest BCUT2D eigenvalue weighted by molar-refractivity contribution is -0.273. The molecule has 0 atom stereocenters. The summed E-state index contributed by atoms with van der Waals surface area (Å²) in [5.74, 6) is -1.02. The molecule has 0 heterocycles. The van der Waals surface area contributed by atoms with Crippen LogP contribution >= 0.6 is 31.9 Å². The first-order valence-electron chi connectivity index (χ1n) is 11.1. The van der Waals surface area contributed by atoms with Gasteiger partial charge in [0.1, 0.15) is 0 Å². The Bertz CT molecular complexity index is 376. The zero-order chi connectivity index (χ0) is 20.7. The molecule has 165 valence electrons. The summed E-state index contributed by atoms with van der Waals surface area (Å²) in [6, 6.07) is 0. The average Bonchev–Trinajstić information content (AvgIpc) is 2.69. The molecule has 0 aromatic carbocycles. The Kier molecular flexibility index (Phi) is 22.9. The third kappa shape index (κ3) is 22.1. The molecule has 28 heavy (non-hydrogen) atoms. The monoisotopic (exact) mass is 525 g/mol. The second-order valence-corrected chi connectivity index (χ2v) is 8.87. The van der Waals surface area contributed by atoms with Gasteiger partial charge in [-0.3, -0.25) is 0 Å². The van der Waals surface area contributed by atoms with Gasteiger partial charge in [-0.1, -0.05) is 102 Å². The smallest absolute Gasteiger partial charge is 0.247 e. The van der Waals surface area contributed by atoms with Gasteiger partial charge in [0.25, 0.3) is 0 Å². The molecule has 0 aromatic rings. The van der Waals surface area contributed by atoms with Crippen molar-refractivity contribution in [1.29, 1.82) is 0 Å². The quantitative estimate of drug-likeness (QED) is 0.0498. The fourth-order valence-electron chi connectivity index (χ4n) is 2.93. The SMILES string of the molecule is [O]C(=CCCCCCCCCCBr)OOC(=O)CCCCCCCCCCBr. The number of allylic oxidation sites excluding steroid dienone is 1. The maximum Gasteiger partial charge on any atom is 0.375 e. The summed E-state index contributed by atoms with van der Waals surface area (Å²) in [6.45, 7) is 0. The first-order chi connectivity index (χ1) is 13.7. The minimum absolute atomic E-state index is 0.311. The number of carbonyl (C=O) groups excluding carboxylic acids is 1. The van der Waals surface area contributed by atoms with Crippen LogP contribution < -0.4 is 0 Å². The summed E-state index contributed by atoms with van der Waals surface area (Å²) < 4.78 is 0. The third-order valence-corrected chi connectivity index (χ3v) is 5.75. The Labute approximate surface area is 189 Å². The van der Waals surface area contributed by atoms with Crippen molar-refractivity contribution < 1.29 is 19.7 Å². The van der Waals surface area contributed by atoms with Gasteiger partial charge in [0.2, 0.25) is 0 Å². The van der Waals surface area contributed by atoms with Crippen molar-refractivity contribution in [1.82, 2.24) is 0 Å². The number of hydrogen-bond acceptors (Lipinski definition) is 3. The Balaban J connectivity index is 3.41. The molecule has 0 unspecified atom stereocenters. The molecule has 0 aliphatic heterocycles. The van der Waals surface area contributed by atoms with Gasteiger partial charge in [0.15, 0.2) is 0 Å². The Morgan fingerprint density at radius 2 is 1.04 bits per heavy atom. The predicted molar refractivity (Wildman–Crippen MR) is 122 cm³/mol. The van der Waals surface area contributed by atoms with Crippen molar-refractivity contribution in [2.75, 3.05) is 10.7 Å². The highest BCUT2D eigenvalue weighted by Gasteiger charge is 2.07. The second kappa shape index (κ2) is 23.1. The molecule has 4 nitrogen and oxygen atoms in total. The van der Waals surface area contributed by atoms with E-state index >= 15 is 0 Å². The Morgan fingerprint density at radius 1 is 0.607 bits per heavy atom. The maximum absolute atomic E-state index is 11.6. The van der Waals surface area contributed by atoms with E-state index < -0.39 is 11.9 Å². The first kappa shape index (κ1) is 27.8. The summed E-state index contributed by atoms with van der Waals surface area (Å²) in [4.78, 5) is 20.7. The second-order valence-electron chi connectivity index (χ2n) is 7.28. The van der Waals surface area contributed by atoms with E-state index in [-0.39, 0.29) is 0 Å². The minimum Gasteiger partial charge on any atom is -0.247 e. The molecule has 0 aliphatic rings. The van der Waals surface area contributed by atoms with E-state index in [4.69, 9.17) is 0 Å². The number of carbonyl (C=O) groups is 1. The number of rotatable bonds is 21. The van der Waals surface area contributed by atoms with E-state index in [1.807, 2.05) is 0 Å². The Hall–Kier alpha value is -0.230. The predicted octanol–water partition coefficient (Wildman–Crippen LogP) is 8.15. The zero-order valence-corrected chi connectivity index (χ0v) is 20.6. The van der Waals surface area contributed by atoms with Crippen molar-refractivity contribution >= 4 is 37.8 Å². The minimum atomic E-state index is -0.561. The fourth-order valence-corrected chi connectivity index (χ4v) is 3.72. The average molecular weight is 527 g/mol. The molecule has 0 rings (SSSR count). The van der Waals surface area contributed by atoms with Crippen LogP contribution in [0, 0.1) is 0 Å². The van der Waals surface area contributed by atoms with Gasteiger partial charge in [-0.25, -0.2) is 19.7 Å². The van der Waals surface area contributed by atoms with E-state index in [1.54, 1.807) is 0 Å². The van der Waals surface area contributed by atoms with Crippen LogP contribution in [0.2, 0.25) is 0 Å². The first-order valence-corrected chi connectivity index (χ1v) is 13.3. The molecule has 0 aromatic heterocycles. The summed E-state index contributed by atoms with van der Waals surface area (Å²) in [6.07, 6.45) is 20.1. The van der Waals surface area contributed by atoms with E-state index in [0.717, 1.165) is 42.8 Å². The van der Waals surface area contributed by atoms with Crippen LogP contribution in [0.25, 0.3) is 0 Å². The third-order valence-electron chi connectivity index (χ3n) is 4.63.